The third kappa shape index (κ3) is 3.42. The largest absolute Gasteiger partial charge is 0.427 e. The zero-order valence-corrected chi connectivity index (χ0v) is 9.76. The molecule has 8 nitrogen and oxygen atoms in total. The summed E-state index contributed by atoms with van der Waals surface area (Å²) in [5.41, 5.74) is -1.83. The van der Waals surface area contributed by atoms with Crippen molar-refractivity contribution in [1.82, 2.24) is 0 Å². The van der Waals surface area contributed by atoms with Crippen LogP contribution in [0.5, 0.6) is 5.75 Å². The number of primary sulfonamides is 1. The zero-order chi connectivity index (χ0) is 14.8. The maximum atomic E-state index is 12.1. The first-order valence-corrected chi connectivity index (χ1v) is 5.96. The smallest absolute Gasteiger partial charge is 0.387 e. The Morgan fingerprint density at radius 3 is 2.37 bits per heavy atom. The Labute approximate surface area is 105 Å². The maximum Gasteiger partial charge on any atom is 0.387 e. The van der Waals surface area contributed by atoms with Crippen molar-refractivity contribution in [3.05, 3.63) is 27.8 Å². The molecular weight excluding hydrogens is 290 g/mol. The monoisotopic (exact) mass is 296 g/mol. The van der Waals surface area contributed by atoms with Gasteiger partial charge in [0, 0.05) is 6.07 Å². The third-order valence-corrected chi connectivity index (χ3v) is 2.82. The molecule has 1 rings (SSSR count). The van der Waals surface area contributed by atoms with E-state index in [1.54, 1.807) is 0 Å². The van der Waals surface area contributed by atoms with E-state index in [0.29, 0.717) is 12.1 Å². The standard InChI is InChI=1S/C8H6F2N2O6S/c9-8(10)18-7-4(3-13)1-5(19(11,16)17)2-6(7)12(14)15/h1-3,8H,(H2,11,16,17). The highest BCUT2D eigenvalue weighted by Gasteiger charge is 2.26. The van der Waals surface area contributed by atoms with Crippen LogP contribution in [0.2, 0.25) is 0 Å². The lowest BCUT2D eigenvalue weighted by Crippen LogP contribution is -2.14. The molecule has 0 spiro atoms. The van der Waals surface area contributed by atoms with Gasteiger partial charge in [0.15, 0.2) is 6.29 Å². The van der Waals surface area contributed by atoms with E-state index in [1.165, 1.54) is 0 Å². The van der Waals surface area contributed by atoms with Crippen molar-refractivity contribution in [3.63, 3.8) is 0 Å². The molecule has 11 heteroatoms. The third-order valence-electron chi connectivity index (χ3n) is 1.93. The topological polar surface area (TPSA) is 130 Å². The molecule has 0 saturated carbocycles. The minimum absolute atomic E-state index is 0.0562. The highest BCUT2D eigenvalue weighted by Crippen LogP contribution is 2.34. The van der Waals surface area contributed by atoms with E-state index >= 15 is 0 Å². The van der Waals surface area contributed by atoms with Gasteiger partial charge in [0.25, 0.3) is 0 Å². The van der Waals surface area contributed by atoms with Crippen LogP contribution in [0.3, 0.4) is 0 Å². The van der Waals surface area contributed by atoms with Crippen LogP contribution < -0.4 is 9.88 Å². The lowest BCUT2D eigenvalue weighted by Gasteiger charge is -2.09. The molecule has 1 aromatic rings. The molecular formula is C8H6F2N2O6S. The van der Waals surface area contributed by atoms with E-state index in [-0.39, 0.29) is 6.29 Å². The molecule has 0 atom stereocenters. The van der Waals surface area contributed by atoms with Crippen molar-refractivity contribution in [2.24, 2.45) is 5.14 Å². The summed E-state index contributed by atoms with van der Waals surface area (Å²) in [4.78, 5) is 19.4. The van der Waals surface area contributed by atoms with Crippen LogP contribution >= 0.6 is 0 Å². The number of aldehydes is 1. The number of nitro groups is 1. The molecule has 0 saturated heterocycles. The number of benzene rings is 1. The average Bonchev–Trinajstić information content (AvgIpc) is 2.26. The molecule has 2 N–H and O–H groups in total. The summed E-state index contributed by atoms with van der Waals surface area (Å²) in [5, 5.41) is 15.4. The van der Waals surface area contributed by atoms with Crippen LogP contribution in [-0.2, 0) is 10.0 Å². The maximum absolute atomic E-state index is 12.1. The van der Waals surface area contributed by atoms with Crippen molar-refractivity contribution >= 4 is 22.0 Å². The van der Waals surface area contributed by atoms with Gasteiger partial charge in [-0.15, -0.1) is 0 Å². The summed E-state index contributed by atoms with van der Waals surface area (Å²) >= 11 is 0. The Hall–Kier alpha value is -2.14. The molecule has 104 valence electrons. The molecule has 0 aliphatic heterocycles. The number of halogens is 2. The number of ether oxygens (including phenoxy) is 1. The normalized spacial score (nSPS) is 11.4. The van der Waals surface area contributed by atoms with Gasteiger partial charge in [-0.25, -0.2) is 13.6 Å². The van der Waals surface area contributed by atoms with Crippen LogP contribution in [0.25, 0.3) is 0 Å². The van der Waals surface area contributed by atoms with E-state index in [4.69, 9.17) is 5.14 Å². The first kappa shape index (κ1) is 14.9. The summed E-state index contributed by atoms with van der Waals surface area (Å²) < 4.78 is 50.2. The number of nitrogens with zero attached hydrogens (tertiary/aromatic N) is 1. The molecule has 0 fully saturated rings. The Kier molecular flexibility index (Phi) is 4.11. The summed E-state index contributed by atoms with van der Waals surface area (Å²) in [6, 6.07) is 1.03. The Bertz CT molecular complexity index is 630. The van der Waals surface area contributed by atoms with E-state index in [1.807, 2.05) is 0 Å². The van der Waals surface area contributed by atoms with Crippen molar-refractivity contribution in [2.45, 2.75) is 11.5 Å². The summed E-state index contributed by atoms with van der Waals surface area (Å²) in [5.74, 6) is -1.03. The van der Waals surface area contributed by atoms with Gasteiger partial charge in [-0.2, -0.15) is 8.78 Å². The molecule has 0 amide bonds. The number of carbonyl (C=O) groups excluding carboxylic acids is 1. The van der Waals surface area contributed by atoms with Crippen molar-refractivity contribution in [3.8, 4) is 5.75 Å². The van der Waals surface area contributed by atoms with Crippen molar-refractivity contribution in [1.29, 1.82) is 0 Å². The predicted molar refractivity (Wildman–Crippen MR) is 56.5 cm³/mol. The van der Waals surface area contributed by atoms with Crippen LogP contribution in [0.15, 0.2) is 17.0 Å². The SMILES string of the molecule is NS(=O)(=O)c1cc(C=O)c(OC(F)F)c([N+](=O)[O-])c1. The van der Waals surface area contributed by atoms with Gasteiger partial charge in [-0.3, -0.25) is 14.9 Å². The number of sulfonamides is 1. The van der Waals surface area contributed by atoms with E-state index in [9.17, 15) is 32.1 Å². The Balaban J connectivity index is 3.63. The van der Waals surface area contributed by atoms with E-state index in [2.05, 4.69) is 4.74 Å². The molecule has 19 heavy (non-hydrogen) atoms. The average molecular weight is 296 g/mol. The molecule has 0 bridgehead atoms. The fraction of sp³-hybridized carbons (Fsp3) is 0.125. The highest BCUT2D eigenvalue weighted by atomic mass is 32.2. The molecule has 0 heterocycles. The molecule has 0 aliphatic rings. The lowest BCUT2D eigenvalue weighted by atomic mass is 10.2. The van der Waals surface area contributed by atoms with Gasteiger partial charge >= 0.3 is 12.3 Å². The second kappa shape index (κ2) is 5.24. The van der Waals surface area contributed by atoms with Gasteiger partial charge in [0.05, 0.1) is 15.4 Å². The molecule has 1 aromatic carbocycles. The van der Waals surface area contributed by atoms with Crippen molar-refractivity contribution in [2.75, 3.05) is 0 Å². The van der Waals surface area contributed by atoms with Gasteiger partial charge in [0.2, 0.25) is 15.8 Å². The predicted octanol–water partition coefficient (Wildman–Crippen LogP) is 0.656. The van der Waals surface area contributed by atoms with Crippen LogP contribution in [0.1, 0.15) is 10.4 Å². The van der Waals surface area contributed by atoms with Crippen LogP contribution in [-0.4, -0.2) is 26.2 Å². The van der Waals surface area contributed by atoms with E-state index < -0.39 is 43.5 Å². The number of carbonyl (C=O) groups is 1. The lowest BCUT2D eigenvalue weighted by molar-refractivity contribution is -0.386. The highest BCUT2D eigenvalue weighted by molar-refractivity contribution is 7.89. The second-order valence-electron chi connectivity index (χ2n) is 3.16. The quantitative estimate of drug-likeness (QED) is 0.482. The van der Waals surface area contributed by atoms with Crippen LogP contribution in [0.4, 0.5) is 14.5 Å². The first-order chi connectivity index (χ1) is 8.66. The number of alkyl halides is 2. The number of hydrogen-bond acceptors (Lipinski definition) is 6. The summed E-state index contributed by atoms with van der Waals surface area (Å²) in [6.07, 6.45) is -0.0562. The van der Waals surface area contributed by atoms with Gasteiger partial charge in [-0.05, 0) is 6.07 Å². The van der Waals surface area contributed by atoms with Crippen molar-refractivity contribution < 1.29 is 31.7 Å². The summed E-state index contributed by atoms with van der Waals surface area (Å²) in [6.45, 7) is -3.42. The minimum Gasteiger partial charge on any atom is -0.427 e. The fourth-order valence-corrected chi connectivity index (χ4v) is 1.78. The molecule has 0 unspecified atom stereocenters. The number of hydrogen-bond donors (Lipinski definition) is 1. The first-order valence-electron chi connectivity index (χ1n) is 4.42. The van der Waals surface area contributed by atoms with Gasteiger partial charge in [0.1, 0.15) is 0 Å². The number of nitro benzene ring substituents is 1. The molecule has 0 aromatic heterocycles. The number of nitrogens with two attached hydrogens (primary N) is 1. The van der Waals surface area contributed by atoms with Crippen LogP contribution in [0, 0.1) is 10.1 Å². The van der Waals surface area contributed by atoms with E-state index in [0.717, 1.165) is 0 Å². The second-order valence-corrected chi connectivity index (χ2v) is 4.72. The fourth-order valence-electron chi connectivity index (χ4n) is 1.21. The molecule has 0 aliphatic carbocycles. The van der Waals surface area contributed by atoms with Gasteiger partial charge < -0.3 is 4.74 Å². The Morgan fingerprint density at radius 1 is 1.42 bits per heavy atom. The number of rotatable bonds is 5. The van der Waals surface area contributed by atoms with Gasteiger partial charge in [-0.1, -0.05) is 0 Å². The summed E-state index contributed by atoms with van der Waals surface area (Å²) in [7, 11) is -4.34. The molecule has 0 radical (unpaired) electrons. The zero-order valence-electron chi connectivity index (χ0n) is 8.95. The Morgan fingerprint density at radius 2 is 2.00 bits per heavy atom. The minimum atomic E-state index is -4.34.